The molecule has 0 heterocycles. The first-order valence-electron chi connectivity index (χ1n) is 2.59. The average molecular weight is 160 g/mol. The number of carbonyl (C=O) groups is 1. The van der Waals surface area contributed by atoms with Gasteiger partial charge in [-0.05, 0) is 12.8 Å². The van der Waals surface area contributed by atoms with E-state index in [0.29, 0.717) is 0 Å². The summed E-state index contributed by atoms with van der Waals surface area (Å²) in [5.41, 5.74) is 0. The molecule has 0 fully saturated rings. The number of terminal acetylenes is 1. The lowest BCUT2D eigenvalue weighted by Gasteiger charge is -2.00. The summed E-state index contributed by atoms with van der Waals surface area (Å²) in [5, 5.41) is -1.07. The van der Waals surface area contributed by atoms with Crippen LogP contribution in [0.5, 0.6) is 0 Å². The number of hydrogen-bond acceptors (Lipinski definition) is 3. The lowest BCUT2D eigenvalue weighted by Crippen LogP contribution is -2.24. The zero-order valence-corrected chi connectivity index (χ0v) is 6.60. The third kappa shape index (κ3) is 2.19. The fraction of sp³-hybridized carbons (Fsp3) is 0.500. The average Bonchev–Trinajstić information content (AvgIpc) is 1.83. The van der Waals surface area contributed by atoms with Crippen LogP contribution in [0.2, 0.25) is 0 Å². The maximum atomic E-state index is 10.6. The Morgan fingerprint density at radius 1 is 1.60 bits per heavy atom. The number of rotatable bonds is 2. The minimum Gasteiger partial charge on any atom is -0.283 e. The summed E-state index contributed by atoms with van der Waals surface area (Å²) in [6.07, 6.45) is 5.68. The van der Waals surface area contributed by atoms with Crippen molar-refractivity contribution < 1.29 is 13.2 Å². The third-order valence-electron chi connectivity index (χ3n) is 1.15. The summed E-state index contributed by atoms with van der Waals surface area (Å²) in [4.78, 5) is 10.5. The van der Waals surface area contributed by atoms with Crippen LogP contribution in [0.4, 0.5) is 0 Å². The van der Waals surface area contributed by atoms with Crippen molar-refractivity contribution in [3.05, 3.63) is 0 Å². The van der Waals surface area contributed by atoms with Crippen molar-refractivity contribution in [2.45, 2.75) is 12.2 Å². The van der Waals surface area contributed by atoms with Gasteiger partial charge in [-0.15, -0.1) is 6.42 Å². The zero-order chi connectivity index (χ0) is 8.36. The van der Waals surface area contributed by atoms with E-state index < -0.39 is 20.9 Å². The van der Waals surface area contributed by atoms with Gasteiger partial charge in [0.15, 0.2) is 9.84 Å². The summed E-state index contributed by atoms with van der Waals surface area (Å²) in [7, 11) is -3.31. The van der Waals surface area contributed by atoms with E-state index in [0.717, 1.165) is 6.26 Å². The van der Waals surface area contributed by atoms with E-state index in [2.05, 4.69) is 0 Å². The second kappa shape index (κ2) is 2.84. The Bertz CT molecular complexity index is 268. The number of Topliss-reactive ketones (excluding diaryl/α,β-unsaturated/α-hetero) is 1. The molecule has 0 spiro atoms. The van der Waals surface area contributed by atoms with Crippen molar-refractivity contribution in [2.24, 2.45) is 0 Å². The second-order valence-electron chi connectivity index (χ2n) is 1.98. The highest BCUT2D eigenvalue weighted by Gasteiger charge is 2.20. The molecular weight excluding hydrogens is 152 g/mol. The Morgan fingerprint density at radius 2 is 2.00 bits per heavy atom. The molecule has 0 amide bonds. The predicted molar refractivity (Wildman–Crippen MR) is 38.1 cm³/mol. The minimum absolute atomic E-state index is 0.692. The van der Waals surface area contributed by atoms with Crippen molar-refractivity contribution in [1.82, 2.24) is 0 Å². The molecule has 0 radical (unpaired) electrons. The first-order chi connectivity index (χ1) is 4.39. The fourth-order valence-electron chi connectivity index (χ4n) is 0.312. The molecule has 1 atom stereocenters. The van der Waals surface area contributed by atoms with Crippen LogP contribution in [0.25, 0.3) is 0 Å². The smallest absolute Gasteiger partial charge is 0.223 e. The van der Waals surface area contributed by atoms with Gasteiger partial charge in [-0.3, -0.25) is 4.79 Å². The van der Waals surface area contributed by atoms with Crippen molar-refractivity contribution in [3.63, 3.8) is 0 Å². The summed E-state index contributed by atoms with van der Waals surface area (Å²) >= 11 is 0. The molecule has 1 unspecified atom stereocenters. The fourth-order valence-corrected chi connectivity index (χ4v) is 0.769. The van der Waals surface area contributed by atoms with E-state index in [-0.39, 0.29) is 0 Å². The Morgan fingerprint density at radius 3 is 2.10 bits per heavy atom. The lowest BCUT2D eigenvalue weighted by molar-refractivity contribution is -0.113. The van der Waals surface area contributed by atoms with Gasteiger partial charge < -0.3 is 0 Å². The van der Waals surface area contributed by atoms with Gasteiger partial charge in [-0.25, -0.2) is 8.42 Å². The lowest BCUT2D eigenvalue weighted by atomic mass is 10.3. The molecule has 4 heteroatoms. The molecule has 0 aliphatic heterocycles. The third-order valence-corrected chi connectivity index (χ3v) is 2.65. The maximum absolute atomic E-state index is 10.6. The highest BCUT2D eigenvalue weighted by atomic mass is 32.2. The first-order valence-corrected chi connectivity index (χ1v) is 4.54. The Hall–Kier alpha value is -0.820. The van der Waals surface area contributed by atoms with Crippen LogP contribution < -0.4 is 0 Å². The van der Waals surface area contributed by atoms with Crippen LogP contribution in [0.3, 0.4) is 0 Å². The van der Waals surface area contributed by atoms with E-state index in [1.807, 2.05) is 0 Å². The van der Waals surface area contributed by atoms with Gasteiger partial charge in [0.1, 0.15) is 5.25 Å². The molecule has 0 aliphatic rings. The molecule has 0 aromatic rings. The molecule has 0 saturated carbocycles. The van der Waals surface area contributed by atoms with Gasteiger partial charge in [-0.2, -0.15) is 0 Å². The van der Waals surface area contributed by atoms with E-state index in [9.17, 15) is 13.2 Å². The molecule has 0 aromatic carbocycles. The van der Waals surface area contributed by atoms with Gasteiger partial charge in [0.2, 0.25) is 5.78 Å². The minimum atomic E-state index is -3.31. The van der Waals surface area contributed by atoms with Gasteiger partial charge in [0.25, 0.3) is 0 Å². The van der Waals surface area contributed by atoms with E-state index >= 15 is 0 Å². The summed E-state index contributed by atoms with van der Waals surface area (Å²) in [6, 6.07) is 0. The number of ketones is 1. The zero-order valence-electron chi connectivity index (χ0n) is 5.79. The summed E-state index contributed by atoms with van der Waals surface area (Å²) in [6.45, 7) is 1.28. The Labute approximate surface area is 60.4 Å². The van der Waals surface area contributed by atoms with Crippen molar-refractivity contribution in [2.75, 3.05) is 6.26 Å². The van der Waals surface area contributed by atoms with E-state index in [1.165, 1.54) is 6.92 Å². The predicted octanol–water partition coefficient (Wildman–Crippen LogP) is -0.378. The van der Waals surface area contributed by atoms with Crippen LogP contribution in [-0.2, 0) is 14.6 Å². The summed E-state index contributed by atoms with van der Waals surface area (Å²) in [5.74, 6) is 1.06. The quantitative estimate of drug-likeness (QED) is 0.409. The molecule has 56 valence electrons. The van der Waals surface area contributed by atoms with Gasteiger partial charge in [-0.1, -0.05) is 0 Å². The molecule has 0 aliphatic carbocycles. The second-order valence-corrected chi connectivity index (χ2v) is 4.35. The number of hydrogen-bond donors (Lipinski definition) is 0. The van der Waals surface area contributed by atoms with Gasteiger partial charge >= 0.3 is 0 Å². The SMILES string of the molecule is C#CC(=O)C(C)S(C)(=O)=O. The van der Waals surface area contributed by atoms with Gasteiger partial charge in [0, 0.05) is 6.26 Å². The normalized spacial score (nSPS) is 13.7. The molecule has 10 heavy (non-hydrogen) atoms. The first kappa shape index (κ1) is 9.18. The number of sulfone groups is 1. The molecule has 0 aromatic heterocycles. The standard InChI is InChI=1S/C6H8O3S/c1-4-6(7)5(2)10(3,8)9/h1,5H,2-3H3. The highest BCUT2D eigenvalue weighted by molar-refractivity contribution is 7.92. The summed E-state index contributed by atoms with van der Waals surface area (Å²) < 4.78 is 21.2. The van der Waals surface area contributed by atoms with Crippen LogP contribution >= 0.6 is 0 Å². The maximum Gasteiger partial charge on any atom is 0.223 e. The molecule has 0 bridgehead atoms. The monoisotopic (exact) mass is 160 g/mol. The molecule has 0 N–H and O–H groups in total. The molecule has 0 rings (SSSR count). The van der Waals surface area contributed by atoms with Crippen molar-refractivity contribution >= 4 is 15.6 Å². The van der Waals surface area contributed by atoms with Crippen LogP contribution in [0.1, 0.15) is 6.92 Å². The topological polar surface area (TPSA) is 51.2 Å². The van der Waals surface area contributed by atoms with Crippen LogP contribution in [-0.4, -0.2) is 25.7 Å². The van der Waals surface area contributed by atoms with E-state index in [4.69, 9.17) is 6.42 Å². The highest BCUT2D eigenvalue weighted by Crippen LogP contribution is 1.97. The Balaban J connectivity index is 4.59. The van der Waals surface area contributed by atoms with Gasteiger partial charge in [0.05, 0.1) is 0 Å². The number of carbonyl (C=O) groups excluding carboxylic acids is 1. The molecule has 0 saturated heterocycles. The van der Waals surface area contributed by atoms with Crippen molar-refractivity contribution in [1.29, 1.82) is 0 Å². The van der Waals surface area contributed by atoms with E-state index in [1.54, 1.807) is 5.92 Å². The van der Waals surface area contributed by atoms with Crippen LogP contribution in [0, 0.1) is 12.3 Å². The largest absolute Gasteiger partial charge is 0.283 e. The Kier molecular flexibility index (Phi) is 2.61. The molecule has 3 nitrogen and oxygen atoms in total. The molecular formula is C6H8O3S. The van der Waals surface area contributed by atoms with Crippen LogP contribution in [0.15, 0.2) is 0 Å². The van der Waals surface area contributed by atoms with Crippen molar-refractivity contribution in [3.8, 4) is 12.3 Å².